The lowest BCUT2D eigenvalue weighted by molar-refractivity contribution is -0.128. The van der Waals surface area contributed by atoms with Gasteiger partial charge in [0.05, 0.1) is 36.9 Å². The van der Waals surface area contributed by atoms with Crippen LogP contribution in [-0.4, -0.2) is 87.8 Å². The maximum absolute atomic E-state index is 14.6. The molecular formula is C39H52ClN3O8S. The third kappa shape index (κ3) is 10.1. The molecule has 6 rings (SSSR count). The number of halogens is 1. The van der Waals surface area contributed by atoms with Gasteiger partial charge in [-0.3, -0.25) is 14.3 Å². The molecule has 0 unspecified atom stereocenters. The predicted molar refractivity (Wildman–Crippen MR) is 201 cm³/mol. The molecule has 1 aliphatic carbocycles. The van der Waals surface area contributed by atoms with Gasteiger partial charge in [0.2, 0.25) is 0 Å². The summed E-state index contributed by atoms with van der Waals surface area (Å²) < 4.78 is 50.7. The molecule has 2 aromatic carbocycles. The zero-order valence-corrected chi connectivity index (χ0v) is 31.8. The topological polar surface area (TPSA) is 125 Å². The highest BCUT2D eigenvalue weighted by Gasteiger charge is 2.38. The van der Waals surface area contributed by atoms with E-state index >= 15 is 0 Å². The van der Waals surface area contributed by atoms with Crippen LogP contribution >= 0.6 is 11.6 Å². The summed E-state index contributed by atoms with van der Waals surface area (Å²) in [5.74, 6) is -0.343. The quantitative estimate of drug-likeness (QED) is 0.331. The van der Waals surface area contributed by atoms with Crippen molar-refractivity contribution in [3.63, 3.8) is 0 Å². The lowest BCUT2D eigenvalue weighted by Crippen LogP contribution is -2.43. The number of allylic oxidation sites excluding steroid dienone is 1. The number of nitrogens with zero attached hydrogens (tertiary/aromatic N) is 2. The van der Waals surface area contributed by atoms with Crippen LogP contribution < -0.4 is 14.4 Å². The Morgan fingerprint density at radius 2 is 1.90 bits per heavy atom. The van der Waals surface area contributed by atoms with E-state index in [2.05, 4.69) is 32.2 Å². The first-order valence-electron chi connectivity index (χ1n) is 18.5. The van der Waals surface area contributed by atoms with E-state index in [4.69, 9.17) is 35.3 Å². The summed E-state index contributed by atoms with van der Waals surface area (Å²) in [5.41, 5.74) is 3.40. The number of carbonyl (C=O) groups is 2. The third-order valence-corrected chi connectivity index (χ3v) is 12.7. The fraction of sp³-hybridized carbons (Fsp3) is 0.590. The Balaban J connectivity index is 1.40. The van der Waals surface area contributed by atoms with Crippen molar-refractivity contribution in [1.29, 1.82) is 0 Å². The van der Waals surface area contributed by atoms with Crippen molar-refractivity contribution in [3.8, 4) is 5.75 Å². The van der Waals surface area contributed by atoms with E-state index in [0.717, 1.165) is 44.3 Å². The Bertz CT molecular complexity index is 1710. The molecule has 1 N–H and O–H groups in total. The number of aryl methyl sites for hydroxylation is 1. The van der Waals surface area contributed by atoms with Crippen molar-refractivity contribution in [1.82, 2.24) is 4.72 Å². The minimum absolute atomic E-state index is 0.0802. The van der Waals surface area contributed by atoms with Crippen molar-refractivity contribution in [2.75, 3.05) is 64.5 Å². The highest BCUT2D eigenvalue weighted by atomic mass is 35.5. The Morgan fingerprint density at radius 1 is 1.06 bits per heavy atom. The molecule has 1 saturated carbocycles. The van der Waals surface area contributed by atoms with Gasteiger partial charge in [-0.1, -0.05) is 29.8 Å². The molecule has 0 spiro atoms. The zero-order valence-electron chi connectivity index (χ0n) is 30.3. The highest BCUT2D eigenvalue weighted by Crippen LogP contribution is 2.42. The number of fused-ring (bicyclic) bond motifs is 3. The molecule has 4 aliphatic rings. The molecule has 2 aromatic rings. The number of methoxy groups -OCH3 is 2. The molecule has 284 valence electrons. The maximum atomic E-state index is 14.6. The summed E-state index contributed by atoms with van der Waals surface area (Å²) >= 11 is 6.47. The van der Waals surface area contributed by atoms with Gasteiger partial charge in [-0.05, 0) is 111 Å². The predicted octanol–water partition coefficient (Wildman–Crippen LogP) is 6.16. The van der Waals surface area contributed by atoms with Gasteiger partial charge in [0.1, 0.15) is 22.3 Å². The highest BCUT2D eigenvalue weighted by molar-refractivity contribution is 7.92. The van der Waals surface area contributed by atoms with Gasteiger partial charge in [-0.2, -0.15) is 0 Å². The van der Waals surface area contributed by atoms with Crippen LogP contribution in [0.1, 0.15) is 66.4 Å². The first kappa shape index (κ1) is 38.7. The largest absolute Gasteiger partial charge is 0.491 e. The lowest BCUT2D eigenvalue weighted by atomic mass is 9.70. The third-order valence-electron chi connectivity index (χ3n) is 10.6. The molecule has 3 aliphatic heterocycles. The number of hydrogen-bond acceptors (Lipinski definition) is 9. The Kier molecular flexibility index (Phi) is 13.7. The smallest absolute Gasteiger partial charge is 0.286 e. The second kappa shape index (κ2) is 18.4. The van der Waals surface area contributed by atoms with E-state index in [1.807, 2.05) is 18.2 Å². The van der Waals surface area contributed by atoms with Crippen LogP contribution in [0.3, 0.4) is 0 Å². The summed E-state index contributed by atoms with van der Waals surface area (Å²) in [4.78, 5) is 29.6. The van der Waals surface area contributed by atoms with Crippen LogP contribution in [0, 0.1) is 17.8 Å². The second-order valence-corrected chi connectivity index (χ2v) is 16.8. The number of anilines is 1. The molecule has 5 atom stereocenters. The number of hydrogen-bond donors (Lipinski definition) is 1. The number of carbonyl (C=O) groups excluding carboxylic acids is 2. The first-order valence-corrected chi connectivity index (χ1v) is 20.6. The summed E-state index contributed by atoms with van der Waals surface area (Å²) in [5, 5.41) is 0.708. The fourth-order valence-corrected chi connectivity index (χ4v) is 9.72. The molecule has 1 saturated heterocycles. The lowest BCUT2D eigenvalue weighted by Gasteiger charge is -2.43. The minimum atomic E-state index is -3.60. The van der Waals surface area contributed by atoms with Crippen LogP contribution in [0.2, 0.25) is 5.02 Å². The molecule has 2 fully saturated rings. The number of amides is 2. The standard InChI is InChI=1S/C39H52ClN3O8S/c1-47-24-27-6-5-8-36(48-2)34-13-10-31(34)23-43-22-30-9-12-32(40)20-28(30)7-3-4-17-50-37-14-11-29(21-35(37)43)39(45)42-52(46,26-27)41-38(44)25-51-33-15-18-49-19-16-33/h5,8-9,11-12,14,20-21,27,31,33-34,36H,3-4,6-7,10,13,15-19,22-26H2,1-2H3,(H,41,42,44,45,46)/b8-5+/t27-,31+,34-,36+,52+/m1/s1. The van der Waals surface area contributed by atoms with Crippen LogP contribution in [0.5, 0.6) is 5.75 Å². The minimum Gasteiger partial charge on any atom is -0.491 e. The normalized spacial score (nSPS) is 28.1. The molecule has 0 aromatic heterocycles. The van der Waals surface area contributed by atoms with Gasteiger partial charge in [-0.25, -0.2) is 4.21 Å². The van der Waals surface area contributed by atoms with E-state index in [-0.39, 0.29) is 42.7 Å². The molecule has 0 radical (unpaired) electrons. The van der Waals surface area contributed by atoms with Gasteiger partial charge in [0, 0.05) is 51.1 Å². The van der Waals surface area contributed by atoms with Crippen LogP contribution in [-0.2, 0) is 46.6 Å². The summed E-state index contributed by atoms with van der Waals surface area (Å²) in [6.07, 6.45) is 10.5. The van der Waals surface area contributed by atoms with E-state index in [9.17, 15) is 13.8 Å². The number of rotatable bonds is 7. The second-order valence-electron chi connectivity index (χ2n) is 14.3. The van der Waals surface area contributed by atoms with Crippen molar-refractivity contribution in [2.24, 2.45) is 22.1 Å². The van der Waals surface area contributed by atoms with Crippen molar-refractivity contribution < 1.29 is 37.5 Å². The summed E-state index contributed by atoms with van der Waals surface area (Å²) in [7, 11) is -0.283. The van der Waals surface area contributed by atoms with Crippen molar-refractivity contribution in [3.05, 3.63) is 70.3 Å². The number of nitrogens with one attached hydrogen (secondary N) is 1. The van der Waals surface area contributed by atoms with Gasteiger partial charge >= 0.3 is 0 Å². The van der Waals surface area contributed by atoms with Crippen LogP contribution in [0.25, 0.3) is 0 Å². The van der Waals surface area contributed by atoms with E-state index in [1.54, 1.807) is 26.4 Å². The van der Waals surface area contributed by atoms with Gasteiger partial charge in [0.15, 0.2) is 0 Å². The molecule has 11 nitrogen and oxygen atoms in total. The van der Waals surface area contributed by atoms with E-state index < -0.39 is 21.7 Å². The average Bonchev–Trinajstić information content (AvgIpc) is 3.15. The summed E-state index contributed by atoms with van der Waals surface area (Å²) in [6.45, 7) is 2.93. The number of benzene rings is 2. The Labute approximate surface area is 313 Å². The number of ether oxygens (including phenoxy) is 5. The molecule has 3 heterocycles. The van der Waals surface area contributed by atoms with Crippen molar-refractivity contribution >= 4 is 39.0 Å². The van der Waals surface area contributed by atoms with E-state index in [0.29, 0.717) is 68.2 Å². The van der Waals surface area contributed by atoms with Crippen molar-refractivity contribution in [2.45, 2.75) is 70.1 Å². The first-order chi connectivity index (χ1) is 25.2. The van der Waals surface area contributed by atoms with Crippen LogP contribution in [0.4, 0.5) is 5.69 Å². The monoisotopic (exact) mass is 757 g/mol. The molecule has 52 heavy (non-hydrogen) atoms. The van der Waals surface area contributed by atoms with Gasteiger partial charge in [-0.15, -0.1) is 4.36 Å². The summed E-state index contributed by atoms with van der Waals surface area (Å²) in [6, 6.07) is 11.4. The SMILES string of the molecule is COC[C@H]1C/C=C/[C@H](OC)[C@@H]2CC[C@H]2CN2Cc3ccc(Cl)cc3CCCCOc3ccc(cc32)C(=O)N=[S@@](=O)(NC(=O)COC2CCOCC2)C1. The van der Waals surface area contributed by atoms with E-state index in [1.165, 1.54) is 11.1 Å². The molecular weight excluding hydrogens is 706 g/mol. The molecule has 2 amide bonds. The van der Waals surface area contributed by atoms with Gasteiger partial charge in [0.25, 0.3) is 11.8 Å². The fourth-order valence-electron chi connectivity index (χ4n) is 7.66. The molecule has 2 bridgehead atoms. The Hall–Kier alpha value is -3.00. The van der Waals surface area contributed by atoms with Crippen LogP contribution in [0.15, 0.2) is 52.9 Å². The maximum Gasteiger partial charge on any atom is 0.286 e. The Morgan fingerprint density at radius 3 is 2.67 bits per heavy atom. The average molecular weight is 758 g/mol. The zero-order chi connectivity index (χ0) is 36.5. The van der Waals surface area contributed by atoms with Gasteiger partial charge < -0.3 is 28.6 Å². The molecule has 13 heteroatoms.